The van der Waals surface area contributed by atoms with Crippen LogP contribution in [-0.4, -0.2) is 34.6 Å². The van der Waals surface area contributed by atoms with E-state index in [0.717, 1.165) is 25.7 Å². The summed E-state index contributed by atoms with van der Waals surface area (Å²) in [5, 5.41) is 10.3. The van der Waals surface area contributed by atoms with E-state index in [4.69, 9.17) is 11.6 Å². The molecule has 1 aliphatic carbocycles. The van der Waals surface area contributed by atoms with E-state index < -0.39 is 11.4 Å². The van der Waals surface area contributed by atoms with E-state index in [1.54, 1.807) is 17.9 Å². The average molecular weight is 312 g/mol. The Labute approximate surface area is 128 Å². The van der Waals surface area contributed by atoms with Crippen molar-refractivity contribution in [1.82, 2.24) is 4.90 Å². The van der Waals surface area contributed by atoms with Crippen molar-refractivity contribution in [3.8, 4) is 0 Å². The molecular weight excluding hydrogens is 293 g/mol. The van der Waals surface area contributed by atoms with Gasteiger partial charge in [0.1, 0.15) is 5.82 Å². The highest BCUT2D eigenvalue weighted by Crippen LogP contribution is 2.46. The Hall–Kier alpha value is -1.13. The molecule has 3 nitrogen and oxygen atoms in total. The quantitative estimate of drug-likeness (QED) is 0.911. The molecule has 1 N–H and O–H groups in total. The van der Waals surface area contributed by atoms with Gasteiger partial charge in [-0.2, -0.15) is 0 Å². The van der Waals surface area contributed by atoms with Gasteiger partial charge in [-0.1, -0.05) is 17.7 Å². The molecule has 2 fully saturated rings. The third-order valence-electron chi connectivity index (χ3n) is 4.80. The number of hydrogen-bond donors (Lipinski definition) is 1. The number of benzene rings is 1. The summed E-state index contributed by atoms with van der Waals surface area (Å²) >= 11 is 6.10. The molecule has 1 aromatic carbocycles. The molecule has 0 spiro atoms. The van der Waals surface area contributed by atoms with Crippen molar-refractivity contribution in [2.45, 2.75) is 38.2 Å². The molecule has 2 aliphatic rings. The molecule has 1 aromatic rings. The number of halogens is 2. The number of carbonyl (C=O) groups is 1. The Morgan fingerprint density at radius 1 is 1.38 bits per heavy atom. The third-order valence-corrected chi connectivity index (χ3v) is 5.29. The van der Waals surface area contributed by atoms with E-state index in [-0.39, 0.29) is 22.4 Å². The number of aryl methyl sites for hydroxylation is 1. The fourth-order valence-corrected chi connectivity index (χ4v) is 3.40. The van der Waals surface area contributed by atoms with Gasteiger partial charge < -0.3 is 10.0 Å². The lowest BCUT2D eigenvalue weighted by molar-refractivity contribution is 0.0338. The molecule has 1 aliphatic heterocycles. The second-order valence-corrected chi connectivity index (χ2v) is 6.60. The number of nitrogens with zero attached hydrogens (tertiary/aromatic N) is 1. The van der Waals surface area contributed by atoms with Gasteiger partial charge in [-0.25, -0.2) is 4.39 Å². The monoisotopic (exact) mass is 311 g/mol. The lowest BCUT2D eigenvalue weighted by atomic mass is 9.89. The molecule has 3 rings (SSSR count). The molecule has 5 heteroatoms. The van der Waals surface area contributed by atoms with Crippen LogP contribution in [0.15, 0.2) is 12.1 Å². The molecule has 21 heavy (non-hydrogen) atoms. The van der Waals surface area contributed by atoms with Gasteiger partial charge in [0.25, 0.3) is 5.91 Å². The Morgan fingerprint density at radius 2 is 2.00 bits per heavy atom. The van der Waals surface area contributed by atoms with Crippen LogP contribution in [0.1, 0.15) is 41.6 Å². The van der Waals surface area contributed by atoms with E-state index in [1.165, 1.54) is 6.07 Å². The summed E-state index contributed by atoms with van der Waals surface area (Å²) < 4.78 is 13.9. The van der Waals surface area contributed by atoms with Crippen LogP contribution in [0.4, 0.5) is 4.39 Å². The second kappa shape index (κ2) is 5.25. The molecule has 1 saturated heterocycles. The molecule has 0 aromatic heterocycles. The predicted octanol–water partition coefficient (Wildman–Crippen LogP) is 3.16. The van der Waals surface area contributed by atoms with Crippen LogP contribution in [0.25, 0.3) is 0 Å². The van der Waals surface area contributed by atoms with Crippen molar-refractivity contribution < 1.29 is 14.3 Å². The summed E-state index contributed by atoms with van der Waals surface area (Å²) in [5.41, 5.74) is 0.172. The molecule has 1 amide bonds. The van der Waals surface area contributed by atoms with Crippen LogP contribution in [0.5, 0.6) is 0 Å². The van der Waals surface area contributed by atoms with Crippen LogP contribution in [0.3, 0.4) is 0 Å². The minimum absolute atomic E-state index is 0.0275. The van der Waals surface area contributed by atoms with Gasteiger partial charge in [0.15, 0.2) is 0 Å². The number of likely N-dealkylation sites (tertiary alicyclic amines) is 1. The zero-order valence-electron chi connectivity index (χ0n) is 12.0. The van der Waals surface area contributed by atoms with Crippen LogP contribution >= 0.6 is 11.6 Å². The molecular formula is C16H19ClFNO2. The number of aliphatic hydroxyl groups is 1. The normalized spacial score (nSPS) is 21.4. The van der Waals surface area contributed by atoms with Crippen molar-refractivity contribution in [2.24, 2.45) is 5.92 Å². The second-order valence-electron chi connectivity index (χ2n) is 6.22. The summed E-state index contributed by atoms with van der Waals surface area (Å²) in [5.74, 6) is -0.652. The SMILES string of the molecule is Cc1ccc(F)c(C(=O)N2CCC(C3(O)CC3)CC2)c1Cl. The van der Waals surface area contributed by atoms with Gasteiger partial charge in [-0.05, 0) is 50.2 Å². The summed E-state index contributed by atoms with van der Waals surface area (Å²) in [6, 6.07) is 2.86. The first-order valence-corrected chi connectivity index (χ1v) is 7.76. The number of carbonyl (C=O) groups excluding carboxylic acids is 1. The number of hydrogen-bond acceptors (Lipinski definition) is 2. The van der Waals surface area contributed by atoms with E-state index in [0.29, 0.717) is 18.7 Å². The lowest BCUT2D eigenvalue weighted by Crippen LogP contribution is -2.42. The number of rotatable bonds is 2. The zero-order chi connectivity index (χ0) is 15.2. The maximum Gasteiger partial charge on any atom is 0.258 e. The maximum absolute atomic E-state index is 13.9. The topological polar surface area (TPSA) is 40.5 Å². The summed E-state index contributed by atoms with van der Waals surface area (Å²) in [4.78, 5) is 14.1. The van der Waals surface area contributed by atoms with Crippen molar-refractivity contribution in [1.29, 1.82) is 0 Å². The standard InChI is InChI=1S/C16H19ClFNO2/c1-10-2-3-12(18)13(14(10)17)15(20)19-8-4-11(5-9-19)16(21)6-7-16/h2-3,11,21H,4-9H2,1H3. The van der Waals surface area contributed by atoms with Crippen molar-refractivity contribution >= 4 is 17.5 Å². The summed E-state index contributed by atoms with van der Waals surface area (Å²) in [6.45, 7) is 2.86. The van der Waals surface area contributed by atoms with Crippen LogP contribution < -0.4 is 0 Å². The molecule has 1 saturated carbocycles. The van der Waals surface area contributed by atoms with Gasteiger partial charge >= 0.3 is 0 Å². The van der Waals surface area contributed by atoms with E-state index in [2.05, 4.69) is 0 Å². The first-order chi connectivity index (χ1) is 9.92. The maximum atomic E-state index is 13.9. The zero-order valence-corrected chi connectivity index (χ0v) is 12.8. The third kappa shape index (κ3) is 2.67. The lowest BCUT2D eigenvalue weighted by Gasteiger charge is -2.34. The van der Waals surface area contributed by atoms with Gasteiger partial charge in [-0.15, -0.1) is 0 Å². The molecule has 114 valence electrons. The Balaban J connectivity index is 1.74. The van der Waals surface area contributed by atoms with Crippen molar-refractivity contribution in [3.63, 3.8) is 0 Å². The Kier molecular flexibility index (Phi) is 3.70. The fraction of sp³-hybridized carbons (Fsp3) is 0.562. The smallest absolute Gasteiger partial charge is 0.258 e. The first-order valence-electron chi connectivity index (χ1n) is 7.38. The molecule has 0 bridgehead atoms. The van der Waals surface area contributed by atoms with E-state index in [9.17, 15) is 14.3 Å². The fourth-order valence-electron chi connectivity index (χ4n) is 3.17. The number of piperidine rings is 1. The molecule has 0 atom stereocenters. The van der Waals surface area contributed by atoms with Gasteiger partial charge in [0, 0.05) is 13.1 Å². The van der Waals surface area contributed by atoms with Crippen molar-refractivity contribution in [3.05, 3.63) is 34.1 Å². The van der Waals surface area contributed by atoms with Crippen LogP contribution in [0.2, 0.25) is 5.02 Å². The van der Waals surface area contributed by atoms with E-state index in [1.807, 2.05) is 0 Å². The average Bonchev–Trinajstić information content (AvgIpc) is 3.23. The Bertz CT molecular complexity index is 578. The minimum atomic E-state index is -0.571. The summed E-state index contributed by atoms with van der Waals surface area (Å²) in [6.07, 6.45) is 3.27. The Morgan fingerprint density at radius 3 is 2.57 bits per heavy atom. The highest BCUT2D eigenvalue weighted by atomic mass is 35.5. The van der Waals surface area contributed by atoms with Gasteiger partial charge in [-0.3, -0.25) is 4.79 Å². The number of amides is 1. The predicted molar refractivity (Wildman–Crippen MR) is 79.0 cm³/mol. The highest BCUT2D eigenvalue weighted by Gasteiger charge is 2.48. The van der Waals surface area contributed by atoms with Gasteiger partial charge in [0.05, 0.1) is 16.2 Å². The van der Waals surface area contributed by atoms with Gasteiger partial charge in [0.2, 0.25) is 0 Å². The van der Waals surface area contributed by atoms with Crippen molar-refractivity contribution in [2.75, 3.05) is 13.1 Å². The molecule has 1 heterocycles. The van der Waals surface area contributed by atoms with Crippen LogP contribution in [-0.2, 0) is 0 Å². The molecule has 0 unspecified atom stereocenters. The minimum Gasteiger partial charge on any atom is -0.390 e. The first kappa shape index (κ1) is 14.8. The molecule has 0 radical (unpaired) electrons. The highest BCUT2D eigenvalue weighted by molar-refractivity contribution is 6.34. The van der Waals surface area contributed by atoms with Crippen LogP contribution in [0, 0.1) is 18.7 Å². The summed E-state index contributed by atoms with van der Waals surface area (Å²) in [7, 11) is 0. The van der Waals surface area contributed by atoms with E-state index >= 15 is 0 Å². The largest absolute Gasteiger partial charge is 0.390 e.